The molecule has 1 aliphatic rings. The van der Waals surface area contributed by atoms with E-state index in [2.05, 4.69) is 5.16 Å². The zero-order valence-electron chi connectivity index (χ0n) is 8.06. The number of likely N-dealkylation sites (tertiary alicyclic amines) is 1. The fraction of sp³-hybridized carbons (Fsp3) is 0.875. The van der Waals surface area contributed by atoms with Crippen LogP contribution in [0.3, 0.4) is 0 Å². The second-order valence-corrected chi connectivity index (χ2v) is 3.99. The monoisotopic (exact) mass is 187 g/mol. The summed E-state index contributed by atoms with van der Waals surface area (Å²) < 4.78 is 0. The van der Waals surface area contributed by atoms with E-state index in [-0.39, 0.29) is 11.8 Å². The maximum atomic E-state index is 9.86. The Hall–Kier alpha value is -0.810. The number of oxime groups is 1. The van der Waals surface area contributed by atoms with Crippen LogP contribution in [-0.4, -0.2) is 46.3 Å². The molecule has 0 aromatic carbocycles. The normalized spacial score (nSPS) is 23.2. The molecule has 76 valence electrons. The lowest BCUT2D eigenvalue weighted by molar-refractivity contribution is -0.121. The third kappa shape index (κ3) is 2.10. The van der Waals surface area contributed by atoms with Crippen LogP contribution in [0.25, 0.3) is 0 Å². The maximum absolute atomic E-state index is 9.86. The lowest BCUT2D eigenvalue weighted by Gasteiger charge is -2.48. The molecule has 0 saturated carbocycles. The Morgan fingerprint density at radius 2 is 2.15 bits per heavy atom. The Labute approximate surface area is 77.8 Å². The van der Waals surface area contributed by atoms with Crippen molar-refractivity contribution in [3.05, 3.63) is 0 Å². The van der Waals surface area contributed by atoms with Crippen LogP contribution in [0.4, 0.5) is 0 Å². The van der Waals surface area contributed by atoms with Crippen LogP contribution < -0.4 is 5.73 Å². The standard InChI is InChI=1S/C8H17N3O2/c1-6(2)8(12)4-11(5-8)3-7(9)10-13/h6,12-13H,3-5H2,1-2H3,(H2,9,10). The summed E-state index contributed by atoms with van der Waals surface area (Å²) in [5.74, 6) is 0.432. The molecule has 1 aliphatic heterocycles. The van der Waals surface area contributed by atoms with Gasteiger partial charge in [-0.25, -0.2) is 0 Å². The van der Waals surface area contributed by atoms with Crippen molar-refractivity contribution in [2.45, 2.75) is 19.4 Å². The molecule has 5 heteroatoms. The molecule has 0 spiro atoms. The average Bonchev–Trinajstić information content (AvgIpc) is 2.00. The number of rotatable bonds is 3. The molecule has 0 bridgehead atoms. The highest BCUT2D eigenvalue weighted by atomic mass is 16.4. The number of aliphatic hydroxyl groups is 1. The molecule has 0 unspecified atom stereocenters. The van der Waals surface area contributed by atoms with Crippen LogP contribution in [0.15, 0.2) is 5.16 Å². The van der Waals surface area contributed by atoms with Crippen LogP contribution >= 0.6 is 0 Å². The molecular weight excluding hydrogens is 170 g/mol. The molecule has 0 atom stereocenters. The second kappa shape index (κ2) is 3.51. The SMILES string of the molecule is CC(C)C1(O)CN(C/C(N)=N/O)C1. The Kier molecular flexibility index (Phi) is 2.77. The smallest absolute Gasteiger partial charge is 0.153 e. The highest BCUT2D eigenvalue weighted by Gasteiger charge is 2.43. The summed E-state index contributed by atoms with van der Waals surface area (Å²) >= 11 is 0. The molecule has 13 heavy (non-hydrogen) atoms. The molecule has 0 aromatic rings. The summed E-state index contributed by atoms with van der Waals surface area (Å²) in [5.41, 5.74) is 4.74. The van der Waals surface area contributed by atoms with Crippen molar-refractivity contribution < 1.29 is 10.3 Å². The number of nitrogens with two attached hydrogens (primary N) is 1. The Morgan fingerprint density at radius 1 is 1.62 bits per heavy atom. The van der Waals surface area contributed by atoms with E-state index in [0.717, 1.165) is 0 Å². The highest BCUT2D eigenvalue weighted by Crippen LogP contribution is 2.27. The van der Waals surface area contributed by atoms with Crippen molar-refractivity contribution in [1.82, 2.24) is 4.90 Å². The lowest BCUT2D eigenvalue weighted by atomic mass is 9.83. The van der Waals surface area contributed by atoms with Crippen LogP contribution in [0.5, 0.6) is 0 Å². The van der Waals surface area contributed by atoms with Gasteiger partial charge in [0.15, 0.2) is 5.84 Å². The van der Waals surface area contributed by atoms with Gasteiger partial charge in [0.05, 0.1) is 12.1 Å². The van der Waals surface area contributed by atoms with E-state index < -0.39 is 5.60 Å². The second-order valence-electron chi connectivity index (χ2n) is 3.99. The topological polar surface area (TPSA) is 82.1 Å². The fourth-order valence-electron chi connectivity index (χ4n) is 1.47. The summed E-state index contributed by atoms with van der Waals surface area (Å²) in [6, 6.07) is 0. The van der Waals surface area contributed by atoms with E-state index in [9.17, 15) is 5.11 Å². The minimum Gasteiger partial charge on any atom is -0.409 e. The summed E-state index contributed by atoms with van der Waals surface area (Å²) in [5, 5.41) is 21.0. The Balaban J connectivity index is 2.33. The van der Waals surface area contributed by atoms with Gasteiger partial charge < -0.3 is 16.0 Å². The summed E-state index contributed by atoms with van der Waals surface area (Å²) in [7, 11) is 0. The van der Waals surface area contributed by atoms with E-state index in [0.29, 0.717) is 19.6 Å². The van der Waals surface area contributed by atoms with Crippen LogP contribution in [-0.2, 0) is 0 Å². The first kappa shape index (κ1) is 10.3. The molecule has 4 N–H and O–H groups in total. The summed E-state index contributed by atoms with van der Waals surface area (Å²) in [4.78, 5) is 1.94. The van der Waals surface area contributed by atoms with E-state index in [1.165, 1.54) is 0 Å². The molecule has 0 aliphatic carbocycles. The van der Waals surface area contributed by atoms with E-state index in [4.69, 9.17) is 10.9 Å². The predicted molar refractivity (Wildman–Crippen MR) is 49.6 cm³/mol. The zero-order chi connectivity index (χ0) is 10.1. The fourth-order valence-corrected chi connectivity index (χ4v) is 1.47. The minimum absolute atomic E-state index is 0.186. The van der Waals surface area contributed by atoms with Crippen LogP contribution in [0.1, 0.15) is 13.8 Å². The first-order valence-electron chi connectivity index (χ1n) is 4.39. The number of nitrogens with zero attached hydrogens (tertiary/aromatic N) is 2. The van der Waals surface area contributed by atoms with Gasteiger partial charge >= 0.3 is 0 Å². The number of amidine groups is 1. The van der Waals surface area contributed by atoms with Crippen molar-refractivity contribution in [1.29, 1.82) is 0 Å². The zero-order valence-corrected chi connectivity index (χ0v) is 8.06. The van der Waals surface area contributed by atoms with Gasteiger partial charge in [0.25, 0.3) is 0 Å². The van der Waals surface area contributed by atoms with Crippen molar-refractivity contribution in [3.63, 3.8) is 0 Å². The van der Waals surface area contributed by atoms with Gasteiger partial charge in [0, 0.05) is 13.1 Å². The number of β-amino-alcohol motifs (C(OH)–C–C–N with tert-alkyl or cyclic N) is 1. The van der Waals surface area contributed by atoms with Crippen molar-refractivity contribution in [2.24, 2.45) is 16.8 Å². The van der Waals surface area contributed by atoms with Crippen molar-refractivity contribution >= 4 is 5.84 Å². The first-order chi connectivity index (χ1) is 5.98. The van der Waals surface area contributed by atoms with E-state index in [1.54, 1.807) is 0 Å². The molecular formula is C8H17N3O2. The highest BCUT2D eigenvalue weighted by molar-refractivity contribution is 5.81. The maximum Gasteiger partial charge on any atom is 0.153 e. The molecule has 1 fully saturated rings. The number of hydrogen-bond acceptors (Lipinski definition) is 4. The van der Waals surface area contributed by atoms with Gasteiger partial charge in [-0.05, 0) is 5.92 Å². The summed E-state index contributed by atoms with van der Waals surface area (Å²) in [6.07, 6.45) is 0. The minimum atomic E-state index is -0.588. The summed E-state index contributed by atoms with van der Waals surface area (Å²) in [6.45, 7) is 5.59. The molecule has 1 heterocycles. The van der Waals surface area contributed by atoms with Gasteiger partial charge in [-0.15, -0.1) is 0 Å². The third-order valence-electron chi connectivity index (χ3n) is 2.58. The van der Waals surface area contributed by atoms with Crippen LogP contribution in [0, 0.1) is 5.92 Å². The quantitative estimate of drug-likeness (QED) is 0.239. The average molecular weight is 187 g/mol. The molecule has 1 saturated heterocycles. The lowest BCUT2D eigenvalue weighted by Crippen LogP contribution is -2.65. The molecule has 0 aromatic heterocycles. The number of hydrogen-bond donors (Lipinski definition) is 3. The molecule has 0 radical (unpaired) electrons. The third-order valence-corrected chi connectivity index (χ3v) is 2.58. The van der Waals surface area contributed by atoms with Gasteiger partial charge in [-0.3, -0.25) is 4.90 Å². The largest absolute Gasteiger partial charge is 0.409 e. The van der Waals surface area contributed by atoms with Gasteiger partial charge in [-0.2, -0.15) is 0 Å². The molecule has 0 amide bonds. The molecule has 5 nitrogen and oxygen atoms in total. The Bertz CT molecular complexity index is 209. The van der Waals surface area contributed by atoms with Crippen molar-refractivity contribution in [3.8, 4) is 0 Å². The van der Waals surface area contributed by atoms with Gasteiger partial charge in [-0.1, -0.05) is 19.0 Å². The van der Waals surface area contributed by atoms with Gasteiger partial charge in [0.2, 0.25) is 0 Å². The predicted octanol–water partition coefficient (Wildman–Crippen LogP) is -0.564. The van der Waals surface area contributed by atoms with Crippen molar-refractivity contribution in [2.75, 3.05) is 19.6 Å². The van der Waals surface area contributed by atoms with Gasteiger partial charge in [0.1, 0.15) is 0 Å². The first-order valence-corrected chi connectivity index (χ1v) is 4.39. The Morgan fingerprint density at radius 3 is 2.54 bits per heavy atom. The van der Waals surface area contributed by atoms with E-state index >= 15 is 0 Å². The van der Waals surface area contributed by atoms with E-state index in [1.807, 2.05) is 18.7 Å². The van der Waals surface area contributed by atoms with Crippen LogP contribution in [0.2, 0.25) is 0 Å². The molecule has 1 rings (SSSR count).